The molecule has 4 heteroatoms. The Labute approximate surface area is 112 Å². The molecule has 0 radical (unpaired) electrons. The first-order valence-electron chi connectivity index (χ1n) is 6.07. The number of ether oxygens (including phenoxy) is 2. The molecule has 0 atom stereocenters. The minimum Gasteiger partial charge on any atom is -0.618 e. The van der Waals surface area contributed by atoms with Crippen LogP contribution in [0.5, 0.6) is 11.5 Å². The van der Waals surface area contributed by atoms with E-state index in [1.165, 1.54) is 6.20 Å². The largest absolute Gasteiger partial charge is 0.618 e. The van der Waals surface area contributed by atoms with Gasteiger partial charge in [0, 0.05) is 6.92 Å². The van der Waals surface area contributed by atoms with E-state index in [0.29, 0.717) is 23.8 Å². The lowest BCUT2D eigenvalue weighted by Crippen LogP contribution is -2.31. The normalized spacial score (nSPS) is 10.3. The molecule has 100 valence electrons. The molecule has 1 heterocycles. The Morgan fingerprint density at radius 2 is 1.84 bits per heavy atom. The Bertz CT molecular complexity index is 567. The third kappa shape index (κ3) is 2.78. The fraction of sp³-hybridized carbons (Fsp3) is 0.267. The van der Waals surface area contributed by atoms with Gasteiger partial charge in [0.25, 0.3) is 0 Å². The van der Waals surface area contributed by atoms with Crippen molar-refractivity contribution in [2.75, 3.05) is 7.11 Å². The molecule has 0 bridgehead atoms. The lowest BCUT2D eigenvalue weighted by atomic mass is 10.2. The molecule has 0 spiro atoms. The van der Waals surface area contributed by atoms with Crippen LogP contribution in [0.4, 0.5) is 0 Å². The van der Waals surface area contributed by atoms with E-state index in [2.05, 4.69) is 0 Å². The molecule has 0 aliphatic carbocycles. The number of hydrogen-bond acceptors (Lipinski definition) is 3. The number of methoxy groups -OCH3 is 1. The summed E-state index contributed by atoms with van der Waals surface area (Å²) >= 11 is 0. The molecule has 1 aromatic carbocycles. The highest BCUT2D eigenvalue weighted by Crippen LogP contribution is 2.30. The second-order valence-electron chi connectivity index (χ2n) is 4.34. The van der Waals surface area contributed by atoms with E-state index in [4.69, 9.17) is 9.47 Å². The Kier molecular flexibility index (Phi) is 3.90. The van der Waals surface area contributed by atoms with E-state index < -0.39 is 0 Å². The fourth-order valence-electron chi connectivity index (χ4n) is 1.87. The third-order valence-electron chi connectivity index (χ3n) is 3.11. The summed E-state index contributed by atoms with van der Waals surface area (Å²) in [7, 11) is 1.58. The van der Waals surface area contributed by atoms with Crippen LogP contribution in [0.25, 0.3) is 0 Å². The highest BCUT2D eigenvalue weighted by molar-refractivity contribution is 5.44. The molecule has 1 aromatic heterocycles. The molecular formula is C15H17NO3. The molecule has 2 aromatic rings. The SMILES string of the molecule is COc1c(OCc2ccccc2)c[n+]([O-])c(C)c1C. The summed E-state index contributed by atoms with van der Waals surface area (Å²) in [6.07, 6.45) is 1.41. The van der Waals surface area contributed by atoms with E-state index in [9.17, 15) is 5.21 Å². The smallest absolute Gasteiger partial charge is 0.228 e. The topological polar surface area (TPSA) is 45.4 Å². The average molecular weight is 259 g/mol. The minimum absolute atomic E-state index is 0.402. The van der Waals surface area contributed by atoms with Gasteiger partial charge in [-0.3, -0.25) is 0 Å². The van der Waals surface area contributed by atoms with Crippen LogP contribution in [-0.4, -0.2) is 7.11 Å². The molecular weight excluding hydrogens is 242 g/mol. The van der Waals surface area contributed by atoms with Gasteiger partial charge in [0.05, 0.1) is 12.7 Å². The van der Waals surface area contributed by atoms with E-state index in [1.54, 1.807) is 14.0 Å². The summed E-state index contributed by atoms with van der Waals surface area (Å²) in [6.45, 7) is 4.00. The first-order valence-corrected chi connectivity index (χ1v) is 6.07. The van der Waals surface area contributed by atoms with Gasteiger partial charge in [0.15, 0.2) is 11.4 Å². The fourth-order valence-corrected chi connectivity index (χ4v) is 1.87. The van der Waals surface area contributed by atoms with Gasteiger partial charge in [-0.05, 0) is 12.5 Å². The second kappa shape index (κ2) is 5.61. The molecule has 0 saturated carbocycles. The van der Waals surface area contributed by atoms with Crippen molar-refractivity contribution in [1.82, 2.24) is 0 Å². The monoisotopic (exact) mass is 259 g/mol. The molecule has 0 saturated heterocycles. The van der Waals surface area contributed by atoms with Crippen LogP contribution in [0.3, 0.4) is 0 Å². The van der Waals surface area contributed by atoms with Gasteiger partial charge in [-0.1, -0.05) is 30.3 Å². The average Bonchev–Trinajstić information content (AvgIpc) is 2.44. The number of nitrogens with zero attached hydrogens (tertiary/aromatic N) is 1. The van der Waals surface area contributed by atoms with Gasteiger partial charge >= 0.3 is 0 Å². The van der Waals surface area contributed by atoms with Crippen molar-refractivity contribution in [2.45, 2.75) is 20.5 Å². The van der Waals surface area contributed by atoms with Crippen molar-refractivity contribution in [1.29, 1.82) is 0 Å². The zero-order valence-corrected chi connectivity index (χ0v) is 11.3. The summed E-state index contributed by atoms with van der Waals surface area (Å²) in [5.74, 6) is 1.07. The van der Waals surface area contributed by atoms with Crippen LogP contribution in [0.2, 0.25) is 0 Å². The zero-order valence-electron chi connectivity index (χ0n) is 11.3. The van der Waals surface area contributed by atoms with Gasteiger partial charge < -0.3 is 14.7 Å². The Morgan fingerprint density at radius 3 is 2.47 bits per heavy atom. The Balaban J connectivity index is 2.25. The van der Waals surface area contributed by atoms with Crippen LogP contribution in [0.15, 0.2) is 36.5 Å². The number of pyridine rings is 1. The van der Waals surface area contributed by atoms with Crippen molar-refractivity contribution in [3.05, 3.63) is 58.6 Å². The van der Waals surface area contributed by atoms with Crippen molar-refractivity contribution < 1.29 is 14.2 Å². The molecule has 0 N–H and O–H groups in total. The zero-order chi connectivity index (χ0) is 13.8. The van der Waals surface area contributed by atoms with E-state index in [1.807, 2.05) is 37.3 Å². The third-order valence-corrected chi connectivity index (χ3v) is 3.11. The quantitative estimate of drug-likeness (QED) is 0.626. The van der Waals surface area contributed by atoms with Crippen LogP contribution in [0, 0.1) is 19.1 Å². The van der Waals surface area contributed by atoms with Crippen molar-refractivity contribution in [3.63, 3.8) is 0 Å². The van der Waals surface area contributed by atoms with Crippen LogP contribution in [-0.2, 0) is 6.61 Å². The molecule has 0 amide bonds. The number of rotatable bonds is 4. The molecule has 4 nitrogen and oxygen atoms in total. The molecule has 0 fully saturated rings. The standard InChI is InChI=1S/C15H17NO3/c1-11-12(2)16(17)9-14(15(11)18-3)19-10-13-7-5-4-6-8-13/h4-9H,10H2,1-3H3. The van der Waals surface area contributed by atoms with Crippen molar-refractivity contribution in [3.8, 4) is 11.5 Å². The summed E-state index contributed by atoms with van der Waals surface area (Å²) in [5, 5.41) is 11.7. The van der Waals surface area contributed by atoms with Gasteiger partial charge in [-0.2, -0.15) is 4.73 Å². The maximum absolute atomic E-state index is 11.7. The van der Waals surface area contributed by atoms with Gasteiger partial charge in [0.2, 0.25) is 11.9 Å². The Hall–Kier alpha value is -2.23. The minimum atomic E-state index is 0.402. The Morgan fingerprint density at radius 1 is 1.16 bits per heavy atom. The number of aromatic nitrogens is 1. The highest BCUT2D eigenvalue weighted by atomic mass is 16.5. The second-order valence-corrected chi connectivity index (χ2v) is 4.34. The maximum atomic E-state index is 11.7. The summed E-state index contributed by atoms with van der Waals surface area (Å²) in [4.78, 5) is 0. The predicted octanol–water partition coefficient (Wildman–Crippen LogP) is 2.52. The predicted molar refractivity (Wildman–Crippen MR) is 72.2 cm³/mol. The van der Waals surface area contributed by atoms with Gasteiger partial charge in [0.1, 0.15) is 6.61 Å². The van der Waals surface area contributed by atoms with Crippen molar-refractivity contribution >= 4 is 0 Å². The molecule has 0 aliphatic rings. The first kappa shape index (κ1) is 13.2. The molecule has 19 heavy (non-hydrogen) atoms. The lowest BCUT2D eigenvalue weighted by Gasteiger charge is -2.14. The molecule has 0 aliphatic heterocycles. The summed E-state index contributed by atoms with van der Waals surface area (Å²) < 4.78 is 11.8. The van der Waals surface area contributed by atoms with Crippen LogP contribution >= 0.6 is 0 Å². The van der Waals surface area contributed by atoms with Gasteiger partial charge in [-0.15, -0.1) is 0 Å². The number of hydrogen-bond donors (Lipinski definition) is 0. The lowest BCUT2D eigenvalue weighted by molar-refractivity contribution is -0.613. The highest BCUT2D eigenvalue weighted by Gasteiger charge is 2.17. The summed E-state index contributed by atoms with van der Waals surface area (Å²) in [6, 6.07) is 9.79. The van der Waals surface area contributed by atoms with Crippen LogP contribution < -0.4 is 14.2 Å². The van der Waals surface area contributed by atoms with E-state index in [0.717, 1.165) is 15.9 Å². The van der Waals surface area contributed by atoms with E-state index in [-0.39, 0.29) is 0 Å². The maximum Gasteiger partial charge on any atom is 0.228 e. The number of benzene rings is 1. The molecule has 0 unspecified atom stereocenters. The van der Waals surface area contributed by atoms with Crippen molar-refractivity contribution in [2.24, 2.45) is 0 Å². The van der Waals surface area contributed by atoms with Crippen LogP contribution in [0.1, 0.15) is 16.8 Å². The van der Waals surface area contributed by atoms with E-state index >= 15 is 0 Å². The summed E-state index contributed by atoms with van der Waals surface area (Å²) in [5.41, 5.74) is 2.45. The first-order chi connectivity index (χ1) is 9.13. The molecule has 2 rings (SSSR count). The van der Waals surface area contributed by atoms with Gasteiger partial charge in [-0.25, -0.2) is 0 Å².